The molecular weight excluding hydrogens is 403 g/mol. The normalized spacial score (nSPS) is 27.3. The van der Waals surface area contributed by atoms with Gasteiger partial charge in [0.25, 0.3) is 0 Å². The number of ether oxygens (including phenoxy) is 1. The van der Waals surface area contributed by atoms with Crippen molar-refractivity contribution >= 4 is 31.4 Å². The molecule has 0 aromatic carbocycles. The van der Waals surface area contributed by atoms with Crippen molar-refractivity contribution in [3.05, 3.63) is 17.3 Å². The number of aliphatic hydroxyl groups excluding tert-OH is 2. The Bertz CT molecular complexity index is 916. The highest BCUT2D eigenvalue weighted by atomic mass is 32.1. The fourth-order valence-electron chi connectivity index (χ4n) is 3.20. The van der Waals surface area contributed by atoms with Crippen LogP contribution in [0.1, 0.15) is 46.8 Å². The number of imidazole rings is 1. The summed E-state index contributed by atoms with van der Waals surface area (Å²) in [5.41, 5.74) is 0.182. The summed E-state index contributed by atoms with van der Waals surface area (Å²) in [6.07, 6.45) is 0.106. The van der Waals surface area contributed by atoms with Crippen molar-refractivity contribution < 1.29 is 24.0 Å². The molecule has 1 aliphatic heterocycles. The molecule has 3 unspecified atom stereocenters. The molecule has 3 rings (SSSR count). The van der Waals surface area contributed by atoms with E-state index in [1.807, 2.05) is 13.8 Å². The molecule has 3 N–H and O–H groups in total. The minimum Gasteiger partial charge on any atom is -0.388 e. The van der Waals surface area contributed by atoms with Crippen LogP contribution in [0.15, 0.2) is 12.7 Å². The maximum Gasteiger partial charge on any atom is 0.511 e. The lowest BCUT2D eigenvalue weighted by Gasteiger charge is -2.24. The second-order valence-corrected chi connectivity index (χ2v) is 9.72. The predicted molar refractivity (Wildman–Crippen MR) is 106 cm³/mol. The zero-order valence-electron chi connectivity index (χ0n) is 16.3. The number of hydrogen-bond donors (Lipinski definition) is 3. The molecule has 11 heteroatoms. The first kappa shape index (κ1) is 21.4. The molecule has 2 aromatic rings. The van der Waals surface area contributed by atoms with Crippen molar-refractivity contribution in [2.75, 3.05) is 0 Å². The third-order valence-electron chi connectivity index (χ3n) is 4.97. The molecule has 0 radical (unpaired) electrons. The van der Waals surface area contributed by atoms with Crippen molar-refractivity contribution in [2.24, 2.45) is 0 Å². The van der Waals surface area contributed by atoms with Crippen molar-refractivity contribution in [1.82, 2.24) is 19.5 Å². The molecule has 0 bridgehead atoms. The smallest absolute Gasteiger partial charge is 0.388 e. The van der Waals surface area contributed by atoms with Crippen LogP contribution in [0.25, 0.3) is 11.2 Å². The van der Waals surface area contributed by atoms with E-state index in [0.717, 1.165) is 6.42 Å². The largest absolute Gasteiger partial charge is 0.511 e. The van der Waals surface area contributed by atoms with E-state index >= 15 is 0 Å². The van der Waals surface area contributed by atoms with Crippen molar-refractivity contribution in [2.45, 2.75) is 76.3 Å². The number of H-pyrrole nitrogens is 1. The van der Waals surface area contributed by atoms with Gasteiger partial charge < -0.3 is 19.9 Å². The number of nitrogens with zero attached hydrogens (tertiary/aromatic N) is 3. The maximum absolute atomic E-state index is 12.3. The number of rotatable bonds is 7. The molecule has 0 spiro atoms. The Balaban J connectivity index is 1.77. The lowest BCUT2D eigenvalue weighted by atomic mass is 9.97. The van der Waals surface area contributed by atoms with Crippen molar-refractivity contribution in [1.29, 1.82) is 0 Å². The fraction of sp³-hybridized carbons (Fsp3) is 0.706. The topological polar surface area (TPSA) is 122 Å². The van der Waals surface area contributed by atoms with E-state index in [1.54, 1.807) is 18.4 Å². The lowest BCUT2D eigenvalue weighted by molar-refractivity contribution is -0.0578. The van der Waals surface area contributed by atoms with Crippen LogP contribution in [0.2, 0.25) is 0 Å². The Labute approximate surface area is 169 Å². The highest BCUT2D eigenvalue weighted by Crippen LogP contribution is 2.41. The molecule has 154 valence electrons. The third kappa shape index (κ3) is 4.17. The standard InChI is InChI=1S/C17H25N4O5PS/c1-5-9(2)27(24)26-17(3,4)6-10-12(22)13(23)16(25-10)21-8-20-11-14(21)18-7-19-15(11)28/h7-10,12-13,16,22-23H,5-6H2,1-4H3/p+1/t9?,10-,12-,13-,16?/m1/s1. The monoisotopic (exact) mass is 429 g/mol. The van der Waals surface area contributed by atoms with E-state index in [0.29, 0.717) is 15.8 Å². The van der Waals surface area contributed by atoms with Crippen LogP contribution in [0, 0.1) is 4.64 Å². The average Bonchev–Trinajstić information content (AvgIpc) is 3.18. The van der Waals surface area contributed by atoms with Gasteiger partial charge in [-0.2, -0.15) is 0 Å². The summed E-state index contributed by atoms with van der Waals surface area (Å²) in [7, 11) is -1.84. The number of aromatic nitrogens is 4. The molecule has 9 nitrogen and oxygen atoms in total. The van der Waals surface area contributed by atoms with Gasteiger partial charge in [0, 0.05) is 6.42 Å². The minimum atomic E-state index is -1.84. The first-order valence-electron chi connectivity index (χ1n) is 9.22. The van der Waals surface area contributed by atoms with Crippen LogP contribution in [0.5, 0.6) is 0 Å². The van der Waals surface area contributed by atoms with Crippen LogP contribution in [0.3, 0.4) is 0 Å². The molecule has 1 aliphatic rings. The Morgan fingerprint density at radius 2 is 2.14 bits per heavy atom. The number of aromatic amines is 1. The van der Waals surface area contributed by atoms with Gasteiger partial charge in [-0.1, -0.05) is 19.1 Å². The van der Waals surface area contributed by atoms with Gasteiger partial charge in [0.1, 0.15) is 29.0 Å². The predicted octanol–water partition coefficient (Wildman–Crippen LogP) is 2.83. The number of nitrogens with one attached hydrogen (secondary N) is 1. The van der Waals surface area contributed by atoms with Crippen molar-refractivity contribution in [3.8, 4) is 0 Å². The zero-order valence-corrected chi connectivity index (χ0v) is 18.0. The summed E-state index contributed by atoms with van der Waals surface area (Å²) in [4.78, 5) is 11.1. The summed E-state index contributed by atoms with van der Waals surface area (Å²) in [5, 5.41) is 21.1. The second-order valence-electron chi connectivity index (χ2n) is 7.70. The fourth-order valence-corrected chi connectivity index (χ4v) is 4.44. The highest BCUT2D eigenvalue weighted by molar-refractivity contribution is 7.71. The molecule has 6 atom stereocenters. The summed E-state index contributed by atoms with van der Waals surface area (Å²) >= 11 is 5.16. The van der Waals surface area contributed by atoms with E-state index in [2.05, 4.69) is 15.0 Å². The van der Waals surface area contributed by atoms with Crippen LogP contribution in [0.4, 0.5) is 0 Å². The average molecular weight is 429 g/mol. The first-order valence-corrected chi connectivity index (χ1v) is 10.9. The van der Waals surface area contributed by atoms with Gasteiger partial charge in [-0.15, -0.1) is 4.52 Å². The Morgan fingerprint density at radius 1 is 1.43 bits per heavy atom. The van der Waals surface area contributed by atoms with Crippen LogP contribution in [-0.4, -0.2) is 59.3 Å². The molecule has 3 heterocycles. The van der Waals surface area contributed by atoms with Gasteiger partial charge >= 0.3 is 8.03 Å². The summed E-state index contributed by atoms with van der Waals surface area (Å²) in [6.45, 7) is 7.43. The first-order chi connectivity index (χ1) is 13.1. The Hall–Kier alpha value is -1.29. The zero-order chi connectivity index (χ0) is 20.6. The van der Waals surface area contributed by atoms with E-state index in [-0.39, 0.29) is 12.1 Å². The molecule has 1 saturated heterocycles. The third-order valence-corrected chi connectivity index (χ3v) is 7.03. The van der Waals surface area contributed by atoms with E-state index in [1.165, 1.54) is 12.7 Å². The minimum absolute atomic E-state index is 0.0592. The number of aliphatic hydroxyl groups is 2. The molecule has 2 aromatic heterocycles. The SMILES string of the molecule is CCC(C)[P+](=O)OC(C)(C)C[C@H]1OC(n2cnc3c(=S)nc[nH]c32)[C@H](O)[C@@H]1O. The molecule has 0 aliphatic carbocycles. The molecule has 1 fully saturated rings. The molecule has 28 heavy (non-hydrogen) atoms. The summed E-state index contributed by atoms with van der Waals surface area (Å²) in [6, 6.07) is 0. The summed E-state index contributed by atoms with van der Waals surface area (Å²) in [5.74, 6) is 0. The molecule has 0 amide bonds. The maximum atomic E-state index is 12.3. The van der Waals surface area contributed by atoms with Crippen LogP contribution in [-0.2, 0) is 13.8 Å². The van der Waals surface area contributed by atoms with Gasteiger partial charge in [0.15, 0.2) is 16.5 Å². The Kier molecular flexibility index (Phi) is 6.29. The van der Waals surface area contributed by atoms with E-state index in [4.69, 9.17) is 21.5 Å². The number of hydrogen-bond acceptors (Lipinski definition) is 8. The van der Waals surface area contributed by atoms with Crippen LogP contribution >= 0.6 is 20.2 Å². The Morgan fingerprint density at radius 3 is 2.82 bits per heavy atom. The lowest BCUT2D eigenvalue weighted by Crippen LogP contribution is -2.36. The van der Waals surface area contributed by atoms with Gasteiger partial charge in [-0.3, -0.25) is 4.57 Å². The quantitative estimate of drug-likeness (QED) is 0.454. The van der Waals surface area contributed by atoms with E-state index < -0.39 is 38.2 Å². The number of fused-ring (bicyclic) bond motifs is 1. The molecular formula is C17H26N4O5PS+. The van der Waals surface area contributed by atoms with Gasteiger partial charge in [-0.25, -0.2) is 9.97 Å². The highest BCUT2D eigenvalue weighted by Gasteiger charge is 2.48. The van der Waals surface area contributed by atoms with Gasteiger partial charge in [-0.05, 0) is 31.8 Å². The van der Waals surface area contributed by atoms with Gasteiger partial charge in [0.2, 0.25) is 0 Å². The van der Waals surface area contributed by atoms with Gasteiger partial charge in [0.05, 0.1) is 18.8 Å². The van der Waals surface area contributed by atoms with Crippen LogP contribution < -0.4 is 0 Å². The summed E-state index contributed by atoms with van der Waals surface area (Å²) < 4.78 is 25.9. The van der Waals surface area contributed by atoms with Crippen molar-refractivity contribution in [3.63, 3.8) is 0 Å². The molecule has 0 saturated carbocycles. The van der Waals surface area contributed by atoms with E-state index in [9.17, 15) is 14.8 Å². The second kappa shape index (κ2) is 8.22.